The molecule has 1 saturated carbocycles. The van der Waals surface area contributed by atoms with Crippen molar-refractivity contribution < 1.29 is 9.90 Å². The van der Waals surface area contributed by atoms with Crippen molar-refractivity contribution in [2.45, 2.75) is 70.1 Å². The zero-order valence-corrected chi connectivity index (χ0v) is 11.3. The highest BCUT2D eigenvalue weighted by atomic mass is 16.3. The number of hydrogen-bond acceptors (Lipinski definition) is 3. The van der Waals surface area contributed by atoms with Crippen LogP contribution in [0.15, 0.2) is 0 Å². The summed E-state index contributed by atoms with van der Waals surface area (Å²) in [5.41, 5.74) is 0. The molecule has 1 saturated heterocycles. The van der Waals surface area contributed by atoms with Gasteiger partial charge in [-0.3, -0.25) is 4.79 Å². The van der Waals surface area contributed by atoms with E-state index in [1.807, 2.05) is 0 Å². The zero-order chi connectivity index (χ0) is 13.0. The molecule has 104 valence electrons. The Labute approximate surface area is 110 Å². The molecular weight excluding hydrogens is 228 g/mol. The molecule has 0 aromatic heterocycles. The fourth-order valence-electron chi connectivity index (χ4n) is 3.22. The topological polar surface area (TPSA) is 61.4 Å². The van der Waals surface area contributed by atoms with Gasteiger partial charge in [0.25, 0.3) is 0 Å². The molecule has 1 aliphatic heterocycles. The van der Waals surface area contributed by atoms with Gasteiger partial charge in [-0.15, -0.1) is 0 Å². The number of aliphatic hydroxyl groups is 1. The van der Waals surface area contributed by atoms with Crippen LogP contribution in [-0.2, 0) is 4.79 Å². The molecule has 3 N–H and O–H groups in total. The van der Waals surface area contributed by atoms with Crippen LogP contribution in [-0.4, -0.2) is 35.7 Å². The normalized spacial score (nSPS) is 36.6. The Kier molecular flexibility index (Phi) is 5.01. The first kappa shape index (κ1) is 13.8. The molecule has 4 nitrogen and oxygen atoms in total. The van der Waals surface area contributed by atoms with E-state index in [9.17, 15) is 9.90 Å². The van der Waals surface area contributed by atoms with Gasteiger partial charge in [0.05, 0.1) is 12.1 Å². The lowest BCUT2D eigenvalue weighted by Gasteiger charge is -2.29. The minimum Gasteiger partial charge on any atom is -0.392 e. The number of hydrogen-bond donors (Lipinski definition) is 3. The van der Waals surface area contributed by atoms with Crippen LogP contribution in [0, 0.1) is 5.92 Å². The van der Waals surface area contributed by atoms with Gasteiger partial charge < -0.3 is 15.7 Å². The van der Waals surface area contributed by atoms with Gasteiger partial charge in [0.1, 0.15) is 0 Å². The van der Waals surface area contributed by atoms with E-state index < -0.39 is 0 Å². The highest BCUT2D eigenvalue weighted by Gasteiger charge is 2.30. The SMILES string of the molecule is CCCC1CCC(NC(=O)C2CC(O)CN2)CC1. The van der Waals surface area contributed by atoms with Crippen LogP contribution >= 0.6 is 0 Å². The molecule has 0 aromatic carbocycles. The van der Waals surface area contributed by atoms with Crippen LogP contribution in [0.5, 0.6) is 0 Å². The van der Waals surface area contributed by atoms with Crippen molar-refractivity contribution in [3.8, 4) is 0 Å². The molecule has 4 heteroatoms. The monoisotopic (exact) mass is 254 g/mol. The summed E-state index contributed by atoms with van der Waals surface area (Å²) in [5, 5.41) is 15.6. The van der Waals surface area contributed by atoms with Crippen LogP contribution in [0.1, 0.15) is 51.9 Å². The predicted molar refractivity (Wildman–Crippen MR) is 71.2 cm³/mol. The molecule has 1 heterocycles. The second-order valence-electron chi connectivity index (χ2n) is 5.87. The minimum absolute atomic E-state index is 0.0745. The third kappa shape index (κ3) is 3.69. The Balaban J connectivity index is 1.69. The van der Waals surface area contributed by atoms with E-state index in [2.05, 4.69) is 17.6 Å². The maximum Gasteiger partial charge on any atom is 0.237 e. The maximum absolute atomic E-state index is 12.0. The molecule has 2 atom stereocenters. The van der Waals surface area contributed by atoms with Crippen molar-refractivity contribution in [1.82, 2.24) is 10.6 Å². The third-order valence-corrected chi connectivity index (χ3v) is 4.31. The molecule has 18 heavy (non-hydrogen) atoms. The van der Waals surface area contributed by atoms with Gasteiger partial charge in [-0.1, -0.05) is 19.8 Å². The van der Waals surface area contributed by atoms with Gasteiger partial charge in [-0.05, 0) is 38.0 Å². The Morgan fingerprint density at radius 2 is 2.06 bits per heavy atom. The third-order valence-electron chi connectivity index (χ3n) is 4.31. The quantitative estimate of drug-likeness (QED) is 0.706. The zero-order valence-electron chi connectivity index (χ0n) is 11.3. The van der Waals surface area contributed by atoms with Crippen molar-refractivity contribution in [3.05, 3.63) is 0 Å². The molecule has 0 spiro atoms. The molecular formula is C14H26N2O2. The second kappa shape index (κ2) is 6.53. The van der Waals surface area contributed by atoms with Gasteiger partial charge in [-0.25, -0.2) is 0 Å². The lowest BCUT2D eigenvalue weighted by Crippen LogP contribution is -2.46. The number of β-amino-alcohol motifs (C(OH)–C–C–N with tert-alkyl or cyclic N) is 1. The second-order valence-corrected chi connectivity index (χ2v) is 5.87. The summed E-state index contributed by atoms with van der Waals surface area (Å²) in [6.45, 7) is 2.78. The Hall–Kier alpha value is -0.610. The molecule has 2 fully saturated rings. The molecule has 1 amide bonds. The first-order valence-electron chi connectivity index (χ1n) is 7.40. The minimum atomic E-state index is -0.360. The fraction of sp³-hybridized carbons (Fsp3) is 0.929. The van der Waals surface area contributed by atoms with Crippen molar-refractivity contribution >= 4 is 5.91 Å². The van der Waals surface area contributed by atoms with Gasteiger partial charge in [0.15, 0.2) is 0 Å². The number of carbonyl (C=O) groups excluding carboxylic acids is 1. The standard InChI is InChI=1S/C14H26N2O2/c1-2-3-10-4-6-11(7-5-10)16-14(18)13-8-12(17)9-15-13/h10-13,15,17H,2-9H2,1H3,(H,16,18). The first-order valence-corrected chi connectivity index (χ1v) is 7.40. The molecule has 0 aromatic rings. The molecule has 2 rings (SSSR count). The van der Waals surface area contributed by atoms with E-state index in [0.29, 0.717) is 19.0 Å². The summed E-state index contributed by atoms with van der Waals surface area (Å²) in [5.74, 6) is 0.945. The Bertz CT molecular complexity index is 275. The summed E-state index contributed by atoms with van der Waals surface area (Å²) in [6, 6.07) is 0.165. The molecule has 2 aliphatic rings. The first-order chi connectivity index (χ1) is 8.69. The van der Waals surface area contributed by atoms with Crippen LogP contribution in [0.4, 0.5) is 0 Å². The van der Waals surface area contributed by atoms with E-state index in [0.717, 1.165) is 18.8 Å². The highest BCUT2D eigenvalue weighted by molar-refractivity contribution is 5.82. The smallest absolute Gasteiger partial charge is 0.237 e. The molecule has 0 bridgehead atoms. The van der Waals surface area contributed by atoms with Crippen molar-refractivity contribution in [2.75, 3.05) is 6.54 Å². The van der Waals surface area contributed by atoms with Crippen molar-refractivity contribution in [2.24, 2.45) is 5.92 Å². The van der Waals surface area contributed by atoms with Gasteiger partial charge in [-0.2, -0.15) is 0 Å². The number of amides is 1. The van der Waals surface area contributed by atoms with Crippen LogP contribution in [0.3, 0.4) is 0 Å². The summed E-state index contributed by atoms with van der Waals surface area (Å²) < 4.78 is 0. The summed E-state index contributed by atoms with van der Waals surface area (Å²) >= 11 is 0. The van der Waals surface area contributed by atoms with Crippen molar-refractivity contribution in [3.63, 3.8) is 0 Å². The Morgan fingerprint density at radius 3 is 2.61 bits per heavy atom. The number of nitrogens with one attached hydrogen (secondary N) is 2. The molecule has 1 aliphatic carbocycles. The predicted octanol–water partition coefficient (Wildman–Crippen LogP) is 1.18. The fourth-order valence-corrected chi connectivity index (χ4v) is 3.22. The summed E-state index contributed by atoms with van der Waals surface area (Å²) in [4.78, 5) is 12.0. The lowest BCUT2D eigenvalue weighted by molar-refractivity contribution is -0.123. The average molecular weight is 254 g/mol. The lowest BCUT2D eigenvalue weighted by atomic mass is 9.83. The average Bonchev–Trinajstić information content (AvgIpc) is 2.79. The van der Waals surface area contributed by atoms with Crippen LogP contribution < -0.4 is 10.6 Å². The molecule has 2 unspecified atom stereocenters. The van der Waals surface area contributed by atoms with Crippen molar-refractivity contribution in [1.29, 1.82) is 0 Å². The highest BCUT2D eigenvalue weighted by Crippen LogP contribution is 2.27. The number of carbonyl (C=O) groups is 1. The van der Waals surface area contributed by atoms with E-state index in [4.69, 9.17) is 0 Å². The summed E-state index contributed by atoms with van der Waals surface area (Å²) in [7, 11) is 0. The maximum atomic E-state index is 12.0. The Morgan fingerprint density at radius 1 is 1.33 bits per heavy atom. The molecule has 0 radical (unpaired) electrons. The largest absolute Gasteiger partial charge is 0.392 e. The van der Waals surface area contributed by atoms with E-state index in [1.165, 1.54) is 25.7 Å². The van der Waals surface area contributed by atoms with E-state index >= 15 is 0 Å². The van der Waals surface area contributed by atoms with E-state index in [1.54, 1.807) is 0 Å². The van der Waals surface area contributed by atoms with Gasteiger partial charge in [0.2, 0.25) is 5.91 Å². The van der Waals surface area contributed by atoms with Crippen LogP contribution in [0.2, 0.25) is 0 Å². The van der Waals surface area contributed by atoms with Gasteiger partial charge in [0, 0.05) is 12.6 Å². The van der Waals surface area contributed by atoms with Crippen LogP contribution in [0.25, 0.3) is 0 Å². The van der Waals surface area contributed by atoms with E-state index in [-0.39, 0.29) is 18.1 Å². The number of rotatable bonds is 4. The van der Waals surface area contributed by atoms with Gasteiger partial charge >= 0.3 is 0 Å². The number of aliphatic hydroxyl groups excluding tert-OH is 1. The summed E-state index contributed by atoms with van der Waals surface area (Å²) in [6.07, 6.45) is 7.52.